The maximum atomic E-state index is 12.2. The number of benzene rings is 3. The molecule has 4 heteroatoms. The lowest BCUT2D eigenvalue weighted by atomic mass is 10.2. The van der Waals surface area contributed by atoms with Crippen LogP contribution in [0, 0.1) is 0 Å². The summed E-state index contributed by atoms with van der Waals surface area (Å²) in [4.78, 5) is 16.7. The molecule has 4 rings (SSSR count). The predicted octanol–water partition coefficient (Wildman–Crippen LogP) is 4.28. The van der Waals surface area contributed by atoms with Crippen LogP contribution in [0.1, 0.15) is 10.4 Å². The molecule has 0 fully saturated rings. The van der Waals surface area contributed by atoms with E-state index in [1.54, 1.807) is 18.5 Å². The Hall–Kier alpha value is -3.40. The molecule has 1 aromatic heterocycles. The fourth-order valence-electron chi connectivity index (χ4n) is 2.68. The molecule has 0 spiro atoms. The second-order valence-electron chi connectivity index (χ2n) is 5.47. The van der Waals surface area contributed by atoms with Crippen molar-refractivity contribution in [1.82, 2.24) is 9.55 Å². The molecule has 0 atom stereocenters. The fraction of sp³-hybridized carbons (Fsp3) is 0. The first-order valence-electron chi connectivity index (χ1n) is 7.70. The van der Waals surface area contributed by atoms with Crippen molar-refractivity contribution in [3.63, 3.8) is 0 Å². The molecule has 0 aliphatic carbocycles. The maximum Gasteiger partial charge on any atom is 0.255 e. The first-order valence-corrected chi connectivity index (χ1v) is 7.70. The van der Waals surface area contributed by atoms with Gasteiger partial charge in [0.1, 0.15) is 6.33 Å². The number of rotatable bonds is 3. The number of imidazole rings is 1. The molecule has 24 heavy (non-hydrogen) atoms. The smallest absolute Gasteiger partial charge is 0.255 e. The summed E-state index contributed by atoms with van der Waals surface area (Å²) in [5.74, 6) is -0.127. The zero-order valence-electron chi connectivity index (χ0n) is 12.9. The lowest BCUT2D eigenvalue weighted by Crippen LogP contribution is -2.11. The van der Waals surface area contributed by atoms with Crippen LogP contribution in [-0.4, -0.2) is 15.5 Å². The molecule has 3 aromatic carbocycles. The van der Waals surface area contributed by atoms with Crippen molar-refractivity contribution in [3.8, 4) is 5.69 Å². The number of hydrogen-bond acceptors (Lipinski definition) is 2. The SMILES string of the molecule is O=C(Nc1ccc2c(c1)ncn2-c1ccccc1)c1ccccc1. The molecule has 1 heterocycles. The molecule has 0 unspecified atom stereocenters. The molecule has 1 N–H and O–H groups in total. The topological polar surface area (TPSA) is 46.9 Å². The zero-order chi connectivity index (χ0) is 16.4. The van der Waals surface area contributed by atoms with Gasteiger partial charge in [-0.25, -0.2) is 4.98 Å². The van der Waals surface area contributed by atoms with Crippen LogP contribution in [0.25, 0.3) is 16.7 Å². The minimum atomic E-state index is -0.127. The number of carbonyl (C=O) groups is 1. The number of carbonyl (C=O) groups excluding carboxylic acids is 1. The summed E-state index contributed by atoms with van der Waals surface area (Å²) in [6, 6.07) is 25.0. The van der Waals surface area contributed by atoms with Gasteiger partial charge in [0.05, 0.1) is 11.0 Å². The molecule has 0 bridgehead atoms. The van der Waals surface area contributed by atoms with E-state index in [2.05, 4.69) is 10.3 Å². The molecule has 1 amide bonds. The molecule has 4 nitrogen and oxygen atoms in total. The van der Waals surface area contributed by atoms with Crippen molar-refractivity contribution in [2.24, 2.45) is 0 Å². The Morgan fingerprint density at radius 2 is 1.58 bits per heavy atom. The van der Waals surface area contributed by atoms with Gasteiger partial charge in [-0.3, -0.25) is 9.36 Å². The van der Waals surface area contributed by atoms with Gasteiger partial charge < -0.3 is 5.32 Å². The van der Waals surface area contributed by atoms with Crippen LogP contribution in [0.15, 0.2) is 85.2 Å². The number of aromatic nitrogens is 2. The largest absolute Gasteiger partial charge is 0.322 e. The van der Waals surface area contributed by atoms with E-state index in [1.165, 1.54) is 0 Å². The number of anilines is 1. The molecule has 0 saturated heterocycles. The van der Waals surface area contributed by atoms with E-state index in [1.807, 2.05) is 71.3 Å². The zero-order valence-corrected chi connectivity index (χ0v) is 12.9. The Balaban J connectivity index is 1.64. The Kier molecular flexibility index (Phi) is 3.56. The van der Waals surface area contributed by atoms with Crippen LogP contribution < -0.4 is 5.32 Å². The lowest BCUT2D eigenvalue weighted by Gasteiger charge is -2.07. The van der Waals surface area contributed by atoms with Crippen molar-refractivity contribution < 1.29 is 4.79 Å². The standard InChI is InChI=1S/C20H15N3O/c24-20(15-7-3-1-4-8-15)22-16-11-12-19-18(13-16)21-14-23(19)17-9-5-2-6-10-17/h1-14H,(H,22,24). The van der Waals surface area contributed by atoms with Crippen LogP contribution in [-0.2, 0) is 0 Å². The molecule has 0 aliphatic heterocycles. The van der Waals surface area contributed by atoms with E-state index < -0.39 is 0 Å². The quantitative estimate of drug-likeness (QED) is 0.614. The summed E-state index contributed by atoms with van der Waals surface area (Å²) in [5.41, 5.74) is 4.26. The van der Waals surface area contributed by atoms with Gasteiger partial charge in [-0.05, 0) is 42.5 Å². The average Bonchev–Trinajstić information content (AvgIpc) is 3.06. The first kappa shape index (κ1) is 14.2. The van der Waals surface area contributed by atoms with Crippen LogP contribution >= 0.6 is 0 Å². The molecule has 116 valence electrons. The summed E-state index contributed by atoms with van der Waals surface area (Å²) in [6.07, 6.45) is 1.79. The normalized spacial score (nSPS) is 10.7. The second-order valence-corrected chi connectivity index (χ2v) is 5.47. The van der Waals surface area contributed by atoms with Gasteiger partial charge in [0.2, 0.25) is 0 Å². The van der Waals surface area contributed by atoms with Crippen LogP contribution in [0.2, 0.25) is 0 Å². The van der Waals surface area contributed by atoms with Gasteiger partial charge in [-0.15, -0.1) is 0 Å². The first-order chi connectivity index (χ1) is 11.8. The van der Waals surface area contributed by atoms with Gasteiger partial charge in [-0.2, -0.15) is 0 Å². The highest BCUT2D eigenvalue weighted by atomic mass is 16.1. The van der Waals surface area contributed by atoms with Crippen molar-refractivity contribution in [2.45, 2.75) is 0 Å². The Morgan fingerprint density at radius 1 is 0.875 bits per heavy atom. The minimum absolute atomic E-state index is 0.127. The molecule has 0 radical (unpaired) electrons. The third kappa shape index (κ3) is 2.65. The third-order valence-electron chi connectivity index (χ3n) is 3.88. The number of nitrogens with one attached hydrogen (secondary N) is 1. The molecule has 0 saturated carbocycles. The molecule has 4 aromatic rings. The number of amides is 1. The van der Waals surface area contributed by atoms with Crippen LogP contribution in [0.5, 0.6) is 0 Å². The van der Waals surface area contributed by atoms with E-state index in [0.29, 0.717) is 5.56 Å². The van der Waals surface area contributed by atoms with Gasteiger partial charge in [0, 0.05) is 16.9 Å². The predicted molar refractivity (Wildman–Crippen MR) is 95.5 cm³/mol. The highest BCUT2D eigenvalue weighted by Gasteiger charge is 2.08. The number of para-hydroxylation sites is 1. The number of nitrogens with zero attached hydrogens (tertiary/aromatic N) is 2. The third-order valence-corrected chi connectivity index (χ3v) is 3.88. The maximum absolute atomic E-state index is 12.2. The van der Waals surface area contributed by atoms with Gasteiger partial charge >= 0.3 is 0 Å². The van der Waals surface area contributed by atoms with E-state index in [-0.39, 0.29) is 5.91 Å². The number of hydrogen-bond donors (Lipinski definition) is 1. The summed E-state index contributed by atoms with van der Waals surface area (Å²) >= 11 is 0. The van der Waals surface area contributed by atoms with E-state index in [9.17, 15) is 4.79 Å². The van der Waals surface area contributed by atoms with Gasteiger partial charge in [0.25, 0.3) is 5.91 Å². The van der Waals surface area contributed by atoms with E-state index in [4.69, 9.17) is 0 Å². The van der Waals surface area contributed by atoms with E-state index >= 15 is 0 Å². The summed E-state index contributed by atoms with van der Waals surface area (Å²) < 4.78 is 2.03. The van der Waals surface area contributed by atoms with Crippen LogP contribution in [0.3, 0.4) is 0 Å². The fourth-order valence-corrected chi connectivity index (χ4v) is 2.68. The monoisotopic (exact) mass is 313 g/mol. The highest BCUT2D eigenvalue weighted by molar-refractivity contribution is 6.04. The van der Waals surface area contributed by atoms with Crippen molar-refractivity contribution >= 4 is 22.6 Å². The Labute approximate surface area is 139 Å². The average molecular weight is 313 g/mol. The summed E-state index contributed by atoms with van der Waals surface area (Å²) in [7, 11) is 0. The van der Waals surface area contributed by atoms with Crippen LogP contribution in [0.4, 0.5) is 5.69 Å². The second kappa shape index (κ2) is 6.01. The Bertz CT molecular complexity index is 991. The summed E-state index contributed by atoms with van der Waals surface area (Å²) in [5, 5.41) is 2.91. The van der Waals surface area contributed by atoms with E-state index in [0.717, 1.165) is 22.4 Å². The van der Waals surface area contributed by atoms with Gasteiger partial charge in [-0.1, -0.05) is 36.4 Å². The Morgan fingerprint density at radius 3 is 2.33 bits per heavy atom. The number of fused-ring (bicyclic) bond motifs is 1. The molecular weight excluding hydrogens is 298 g/mol. The molecule has 0 aliphatic rings. The van der Waals surface area contributed by atoms with Crippen molar-refractivity contribution in [2.75, 3.05) is 5.32 Å². The van der Waals surface area contributed by atoms with Crippen molar-refractivity contribution in [3.05, 3.63) is 90.8 Å². The lowest BCUT2D eigenvalue weighted by molar-refractivity contribution is 0.102. The summed E-state index contributed by atoms with van der Waals surface area (Å²) in [6.45, 7) is 0. The molecular formula is C20H15N3O. The van der Waals surface area contributed by atoms with Gasteiger partial charge in [0.15, 0.2) is 0 Å². The highest BCUT2D eigenvalue weighted by Crippen LogP contribution is 2.21. The minimum Gasteiger partial charge on any atom is -0.322 e. The van der Waals surface area contributed by atoms with Crippen molar-refractivity contribution in [1.29, 1.82) is 0 Å².